The maximum absolute atomic E-state index is 11.9. The van der Waals surface area contributed by atoms with Crippen LogP contribution in [0.4, 0.5) is 0 Å². The van der Waals surface area contributed by atoms with E-state index in [2.05, 4.69) is 0 Å². The second-order valence-corrected chi connectivity index (χ2v) is 7.17. The molecule has 4 heteroatoms. The lowest BCUT2D eigenvalue weighted by Crippen LogP contribution is -2.15. The third kappa shape index (κ3) is 2.36. The molecule has 0 radical (unpaired) electrons. The van der Waals surface area contributed by atoms with E-state index in [1.54, 1.807) is 20.1 Å². The van der Waals surface area contributed by atoms with Crippen molar-refractivity contribution in [2.45, 2.75) is 31.8 Å². The standard InChI is InChI=1S/C13H16O3S/c1-9(2)17(14,15)8-11-7-16-13-6-10(3)4-5-12(11)13/h4-7,9H,8H2,1-3H3. The van der Waals surface area contributed by atoms with Crippen molar-refractivity contribution in [3.05, 3.63) is 35.6 Å². The Kier molecular flexibility index (Phi) is 3.00. The molecule has 0 N–H and O–H groups in total. The van der Waals surface area contributed by atoms with Gasteiger partial charge in [-0.15, -0.1) is 0 Å². The molecule has 0 fully saturated rings. The number of hydrogen-bond donors (Lipinski definition) is 0. The number of aryl methyl sites for hydroxylation is 1. The minimum Gasteiger partial charge on any atom is -0.464 e. The molecule has 1 heterocycles. The van der Waals surface area contributed by atoms with Gasteiger partial charge in [0.1, 0.15) is 5.58 Å². The molecule has 17 heavy (non-hydrogen) atoms. The molecule has 1 aromatic heterocycles. The summed E-state index contributed by atoms with van der Waals surface area (Å²) in [5, 5.41) is 0.526. The topological polar surface area (TPSA) is 47.3 Å². The molecule has 0 aliphatic heterocycles. The lowest BCUT2D eigenvalue weighted by molar-refractivity contribution is 0.584. The highest BCUT2D eigenvalue weighted by Gasteiger charge is 2.19. The van der Waals surface area contributed by atoms with Crippen LogP contribution in [0, 0.1) is 6.92 Å². The average molecular weight is 252 g/mol. The van der Waals surface area contributed by atoms with Crippen LogP contribution in [0.25, 0.3) is 11.0 Å². The summed E-state index contributed by atoms with van der Waals surface area (Å²) in [5.41, 5.74) is 2.60. The lowest BCUT2D eigenvalue weighted by Gasteiger charge is -2.05. The zero-order valence-corrected chi connectivity index (χ0v) is 11.0. The minimum atomic E-state index is -3.08. The van der Waals surface area contributed by atoms with Crippen LogP contribution in [0.5, 0.6) is 0 Å². The van der Waals surface area contributed by atoms with E-state index in [0.717, 1.165) is 22.1 Å². The van der Waals surface area contributed by atoms with E-state index < -0.39 is 9.84 Å². The lowest BCUT2D eigenvalue weighted by atomic mass is 10.1. The van der Waals surface area contributed by atoms with Gasteiger partial charge in [-0.3, -0.25) is 0 Å². The van der Waals surface area contributed by atoms with Crippen molar-refractivity contribution in [3.63, 3.8) is 0 Å². The molecule has 2 aromatic rings. The van der Waals surface area contributed by atoms with Crippen LogP contribution >= 0.6 is 0 Å². The number of hydrogen-bond acceptors (Lipinski definition) is 3. The molecular weight excluding hydrogens is 236 g/mol. The van der Waals surface area contributed by atoms with Crippen molar-refractivity contribution in [2.24, 2.45) is 0 Å². The maximum atomic E-state index is 11.9. The quantitative estimate of drug-likeness (QED) is 0.843. The van der Waals surface area contributed by atoms with Gasteiger partial charge in [-0.1, -0.05) is 12.1 Å². The Labute approximate surface area is 101 Å². The van der Waals surface area contributed by atoms with Crippen LogP contribution < -0.4 is 0 Å². The summed E-state index contributed by atoms with van der Waals surface area (Å²) in [7, 11) is -3.08. The number of benzene rings is 1. The van der Waals surface area contributed by atoms with E-state index >= 15 is 0 Å². The summed E-state index contributed by atoms with van der Waals surface area (Å²) < 4.78 is 29.1. The van der Waals surface area contributed by atoms with Crippen molar-refractivity contribution in [3.8, 4) is 0 Å². The SMILES string of the molecule is Cc1ccc2c(CS(=O)(=O)C(C)C)coc2c1. The highest BCUT2D eigenvalue weighted by atomic mass is 32.2. The molecule has 3 nitrogen and oxygen atoms in total. The van der Waals surface area contributed by atoms with E-state index in [9.17, 15) is 8.42 Å². The molecule has 0 aliphatic carbocycles. The first kappa shape index (κ1) is 12.2. The smallest absolute Gasteiger partial charge is 0.156 e. The van der Waals surface area contributed by atoms with Gasteiger partial charge in [-0.25, -0.2) is 8.42 Å². The van der Waals surface area contributed by atoms with Crippen LogP contribution in [0.1, 0.15) is 25.0 Å². The third-order valence-corrected chi connectivity index (χ3v) is 5.04. The number of rotatable bonds is 3. The molecule has 0 aliphatic rings. The van der Waals surface area contributed by atoms with Gasteiger partial charge in [0.15, 0.2) is 9.84 Å². The molecule has 0 unspecified atom stereocenters. The first-order valence-electron chi connectivity index (χ1n) is 5.58. The van der Waals surface area contributed by atoms with Crippen molar-refractivity contribution in [2.75, 3.05) is 0 Å². The number of sulfone groups is 1. The Hall–Kier alpha value is -1.29. The molecule has 1 aromatic carbocycles. The largest absolute Gasteiger partial charge is 0.464 e. The average Bonchev–Trinajstić information content (AvgIpc) is 2.60. The van der Waals surface area contributed by atoms with Crippen molar-refractivity contribution in [1.29, 1.82) is 0 Å². The molecule has 0 spiro atoms. The predicted octanol–water partition coefficient (Wildman–Crippen LogP) is 3.06. The van der Waals surface area contributed by atoms with Crippen LogP contribution in [-0.4, -0.2) is 13.7 Å². The first-order valence-corrected chi connectivity index (χ1v) is 7.30. The van der Waals surface area contributed by atoms with Crippen LogP contribution in [-0.2, 0) is 15.6 Å². The molecule has 0 bridgehead atoms. The third-order valence-electron chi connectivity index (χ3n) is 2.89. The zero-order chi connectivity index (χ0) is 12.6. The molecular formula is C13H16O3S. The number of fused-ring (bicyclic) bond motifs is 1. The van der Waals surface area contributed by atoms with Gasteiger partial charge in [0.2, 0.25) is 0 Å². The van der Waals surface area contributed by atoms with Crippen LogP contribution in [0.15, 0.2) is 28.9 Å². The van der Waals surface area contributed by atoms with Gasteiger partial charge < -0.3 is 4.42 Å². The van der Waals surface area contributed by atoms with Gasteiger partial charge >= 0.3 is 0 Å². The fourth-order valence-electron chi connectivity index (χ4n) is 1.69. The summed E-state index contributed by atoms with van der Waals surface area (Å²) in [5.74, 6) is 0.0424. The van der Waals surface area contributed by atoms with Gasteiger partial charge in [-0.05, 0) is 32.4 Å². The predicted molar refractivity (Wildman–Crippen MR) is 68.7 cm³/mol. The number of furan rings is 1. The molecule has 92 valence electrons. The fraction of sp³-hybridized carbons (Fsp3) is 0.385. The van der Waals surface area contributed by atoms with Crippen LogP contribution in [0.2, 0.25) is 0 Å². The fourth-order valence-corrected chi connectivity index (χ4v) is 2.68. The summed E-state index contributed by atoms with van der Waals surface area (Å²) >= 11 is 0. The minimum absolute atomic E-state index is 0.0424. The van der Waals surface area contributed by atoms with Crippen molar-refractivity contribution in [1.82, 2.24) is 0 Å². The molecule has 0 saturated heterocycles. The normalized spacial score (nSPS) is 12.5. The Morgan fingerprint density at radius 3 is 2.65 bits per heavy atom. The Bertz CT molecular complexity index is 636. The summed E-state index contributed by atoms with van der Waals surface area (Å²) in [6.07, 6.45) is 1.55. The second-order valence-electron chi connectivity index (χ2n) is 4.62. The Morgan fingerprint density at radius 1 is 1.29 bits per heavy atom. The maximum Gasteiger partial charge on any atom is 0.156 e. The first-order chi connectivity index (χ1) is 7.90. The van der Waals surface area contributed by atoms with Crippen molar-refractivity contribution >= 4 is 20.8 Å². The van der Waals surface area contributed by atoms with Crippen LogP contribution in [0.3, 0.4) is 0 Å². The Balaban J connectivity index is 2.45. The van der Waals surface area contributed by atoms with E-state index in [1.807, 2.05) is 25.1 Å². The molecule has 0 saturated carbocycles. The van der Waals surface area contributed by atoms with Gasteiger partial charge in [0, 0.05) is 10.9 Å². The summed E-state index contributed by atoms with van der Waals surface area (Å²) in [6, 6.07) is 5.80. The van der Waals surface area contributed by atoms with E-state index in [4.69, 9.17) is 4.42 Å². The Morgan fingerprint density at radius 2 is 2.00 bits per heavy atom. The van der Waals surface area contributed by atoms with E-state index in [1.165, 1.54) is 0 Å². The highest BCUT2D eigenvalue weighted by molar-refractivity contribution is 7.91. The van der Waals surface area contributed by atoms with Gasteiger partial charge in [0.05, 0.1) is 17.3 Å². The second kappa shape index (κ2) is 4.18. The van der Waals surface area contributed by atoms with E-state index in [0.29, 0.717) is 0 Å². The highest BCUT2D eigenvalue weighted by Crippen LogP contribution is 2.24. The molecule has 0 atom stereocenters. The van der Waals surface area contributed by atoms with E-state index in [-0.39, 0.29) is 11.0 Å². The van der Waals surface area contributed by atoms with Gasteiger partial charge in [-0.2, -0.15) is 0 Å². The van der Waals surface area contributed by atoms with Crippen molar-refractivity contribution < 1.29 is 12.8 Å². The molecule has 0 amide bonds. The summed E-state index contributed by atoms with van der Waals surface area (Å²) in [6.45, 7) is 5.37. The molecule has 2 rings (SSSR count). The van der Waals surface area contributed by atoms with Gasteiger partial charge in [0.25, 0.3) is 0 Å². The monoisotopic (exact) mass is 252 g/mol. The summed E-state index contributed by atoms with van der Waals surface area (Å²) in [4.78, 5) is 0. The zero-order valence-electron chi connectivity index (χ0n) is 10.2.